The lowest BCUT2D eigenvalue weighted by Gasteiger charge is -2.11. The number of amides is 4. The first-order chi connectivity index (χ1) is 13.6. The molecule has 0 radical (unpaired) electrons. The lowest BCUT2D eigenvalue weighted by Crippen LogP contribution is -2.30. The molecule has 9 nitrogen and oxygen atoms in total. The van der Waals surface area contributed by atoms with Crippen LogP contribution in [0.2, 0.25) is 0 Å². The summed E-state index contributed by atoms with van der Waals surface area (Å²) in [5, 5.41) is 3.13. The van der Waals surface area contributed by atoms with Gasteiger partial charge in [0.25, 0.3) is 11.8 Å². The van der Waals surface area contributed by atoms with Gasteiger partial charge >= 0.3 is 6.03 Å². The fourth-order valence-electron chi connectivity index (χ4n) is 2.07. The molecule has 148 valence electrons. The van der Waals surface area contributed by atoms with Crippen LogP contribution in [0.25, 0.3) is 0 Å². The minimum atomic E-state index is -0.504. The van der Waals surface area contributed by atoms with Crippen LogP contribution in [0.15, 0.2) is 60.7 Å². The Bertz CT molecular complexity index is 754. The highest BCUT2D eigenvalue weighted by molar-refractivity contribution is 6.00. The molecule has 4 N–H and O–H groups in total. The van der Waals surface area contributed by atoms with Gasteiger partial charge in [-0.1, -0.05) is 60.7 Å². The molecule has 0 bridgehead atoms. The maximum absolute atomic E-state index is 11.1. The van der Waals surface area contributed by atoms with Crippen LogP contribution < -0.4 is 16.5 Å². The number of imide groups is 1. The number of carbonyl (C=O) groups is 3. The molecular formula is C19H22N4O5. The zero-order valence-electron chi connectivity index (χ0n) is 15.2. The molecule has 9 heteroatoms. The zero-order valence-corrected chi connectivity index (χ0v) is 15.2. The Kier molecular flexibility index (Phi) is 8.60. The summed E-state index contributed by atoms with van der Waals surface area (Å²) < 4.78 is 0. The monoisotopic (exact) mass is 386 g/mol. The third-order valence-corrected chi connectivity index (χ3v) is 3.46. The summed E-state index contributed by atoms with van der Waals surface area (Å²) in [5.74, 6) is -0.688. The minimum absolute atomic E-state index is 0.00756. The van der Waals surface area contributed by atoms with E-state index in [1.165, 1.54) is 0 Å². The second-order valence-corrected chi connectivity index (χ2v) is 5.61. The third kappa shape index (κ3) is 7.16. The number of nitrogens with one attached hydrogen (secondary N) is 2. The van der Waals surface area contributed by atoms with Crippen LogP contribution in [-0.2, 0) is 32.5 Å². The predicted octanol–water partition coefficient (Wildman–Crippen LogP) is 0.863. The molecule has 0 unspecified atom stereocenters. The van der Waals surface area contributed by atoms with Crippen LogP contribution in [0.4, 0.5) is 4.79 Å². The third-order valence-electron chi connectivity index (χ3n) is 3.46. The number of hydroxylamine groups is 3. The normalized spacial score (nSPS) is 12.8. The lowest BCUT2D eigenvalue weighted by molar-refractivity contribution is -0.165. The van der Waals surface area contributed by atoms with Crippen LogP contribution in [0.3, 0.4) is 0 Å². The molecular weight excluding hydrogens is 364 g/mol. The standard InChI is InChI=1S/C10H10N2O3.C9H12N2O2/c13-9-6-11-10(14)12(9)15-7-8-4-2-1-3-5-8;10-6-9(12)11-13-7-8-4-2-1-3-5-8/h1-5H,6-7H2,(H,11,14);1-5H,6-7,10H2,(H,11,12). The zero-order chi connectivity index (χ0) is 20.2. The van der Waals surface area contributed by atoms with E-state index in [0.29, 0.717) is 6.61 Å². The van der Waals surface area contributed by atoms with Gasteiger partial charge in [0.05, 0.1) is 13.2 Å². The van der Waals surface area contributed by atoms with Crippen LogP contribution in [0.1, 0.15) is 11.1 Å². The maximum Gasteiger partial charge on any atom is 0.349 e. The van der Waals surface area contributed by atoms with Crippen molar-refractivity contribution in [3.63, 3.8) is 0 Å². The lowest BCUT2D eigenvalue weighted by atomic mass is 10.2. The molecule has 0 spiro atoms. The van der Waals surface area contributed by atoms with E-state index in [1.54, 1.807) is 0 Å². The Labute approximate surface area is 162 Å². The van der Waals surface area contributed by atoms with Gasteiger partial charge < -0.3 is 11.1 Å². The molecule has 0 saturated carbocycles. The number of hydrogen-bond acceptors (Lipinski definition) is 6. The minimum Gasteiger partial charge on any atom is -0.327 e. The largest absolute Gasteiger partial charge is 0.349 e. The van der Waals surface area contributed by atoms with Crippen molar-refractivity contribution in [3.8, 4) is 0 Å². The first-order valence-electron chi connectivity index (χ1n) is 8.52. The van der Waals surface area contributed by atoms with Crippen molar-refractivity contribution >= 4 is 17.8 Å². The van der Waals surface area contributed by atoms with E-state index in [1.807, 2.05) is 60.7 Å². The van der Waals surface area contributed by atoms with Gasteiger partial charge in [0, 0.05) is 0 Å². The Hall–Kier alpha value is -3.27. The highest BCUT2D eigenvalue weighted by Gasteiger charge is 2.29. The van der Waals surface area contributed by atoms with Crippen LogP contribution >= 0.6 is 0 Å². The molecule has 0 aliphatic carbocycles. The van der Waals surface area contributed by atoms with Gasteiger partial charge in [-0.3, -0.25) is 19.3 Å². The fourth-order valence-corrected chi connectivity index (χ4v) is 2.07. The van der Waals surface area contributed by atoms with Crippen molar-refractivity contribution < 1.29 is 24.1 Å². The Morgan fingerprint density at radius 1 is 1.00 bits per heavy atom. The molecule has 1 heterocycles. The Morgan fingerprint density at radius 3 is 2.07 bits per heavy atom. The topological polar surface area (TPSA) is 123 Å². The van der Waals surface area contributed by atoms with Crippen molar-refractivity contribution in [2.45, 2.75) is 13.2 Å². The molecule has 2 aromatic carbocycles. The summed E-state index contributed by atoms with van der Waals surface area (Å²) in [6.07, 6.45) is 0. The van der Waals surface area contributed by atoms with Gasteiger partial charge in [0.1, 0.15) is 13.2 Å². The van der Waals surface area contributed by atoms with E-state index >= 15 is 0 Å². The number of urea groups is 1. The number of benzene rings is 2. The number of carbonyl (C=O) groups excluding carboxylic acids is 3. The van der Waals surface area contributed by atoms with Gasteiger partial charge in [0.15, 0.2) is 0 Å². The molecule has 28 heavy (non-hydrogen) atoms. The first kappa shape index (κ1) is 21.0. The van der Waals surface area contributed by atoms with E-state index in [0.717, 1.165) is 16.2 Å². The summed E-state index contributed by atoms with van der Waals surface area (Å²) in [7, 11) is 0. The highest BCUT2D eigenvalue weighted by atomic mass is 16.7. The van der Waals surface area contributed by atoms with Gasteiger partial charge in [-0.05, 0) is 11.1 Å². The van der Waals surface area contributed by atoms with Gasteiger partial charge in [-0.2, -0.15) is 0 Å². The predicted molar refractivity (Wildman–Crippen MR) is 99.9 cm³/mol. The molecule has 2 aromatic rings. The highest BCUT2D eigenvalue weighted by Crippen LogP contribution is 2.06. The van der Waals surface area contributed by atoms with Crippen molar-refractivity contribution in [1.82, 2.24) is 15.9 Å². The molecule has 1 aliphatic rings. The molecule has 3 rings (SSSR count). The fraction of sp³-hybridized carbons (Fsp3) is 0.211. The summed E-state index contributed by atoms with van der Waals surface area (Å²) in [5.41, 5.74) is 9.18. The maximum atomic E-state index is 11.1. The average molecular weight is 386 g/mol. The molecule has 1 fully saturated rings. The first-order valence-corrected chi connectivity index (χ1v) is 8.52. The quantitative estimate of drug-likeness (QED) is 0.479. The van der Waals surface area contributed by atoms with E-state index in [-0.39, 0.29) is 31.5 Å². The van der Waals surface area contributed by atoms with Crippen molar-refractivity contribution in [2.75, 3.05) is 13.1 Å². The Morgan fingerprint density at radius 2 is 1.57 bits per heavy atom. The SMILES string of the molecule is NCC(=O)NOCc1ccccc1.O=C1CNC(=O)N1OCc1ccccc1. The summed E-state index contributed by atoms with van der Waals surface area (Å²) in [4.78, 5) is 42.8. The molecule has 4 amide bonds. The van der Waals surface area contributed by atoms with E-state index in [4.69, 9.17) is 15.4 Å². The molecule has 1 aliphatic heterocycles. The van der Waals surface area contributed by atoms with Gasteiger partial charge in [-0.25, -0.2) is 10.3 Å². The van der Waals surface area contributed by atoms with Gasteiger partial charge in [0.2, 0.25) is 0 Å². The molecule has 0 aromatic heterocycles. The second-order valence-electron chi connectivity index (χ2n) is 5.61. The second kappa shape index (κ2) is 11.4. The number of rotatable bonds is 7. The average Bonchev–Trinajstić information content (AvgIpc) is 3.06. The van der Waals surface area contributed by atoms with Crippen LogP contribution in [0, 0.1) is 0 Å². The number of nitrogens with zero attached hydrogens (tertiary/aromatic N) is 1. The van der Waals surface area contributed by atoms with E-state index in [2.05, 4.69) is 10.8 Å². The molecule has 0 atom stereocenters. The summed E-state index contributed by atoms with van der Waals surface area (Å²) in [6.45, 7) is 0.509. The van der Waals surface area contributed by atoms with Crippen molar-refractivity contribution in [1.29, 1.82) is 0 Å². The van der Waals surface area contributed by atoms with Crippen LogP contribution in [0.5, 0.6) is 0 Å². The van der Waals surface area contributed by atoms with Crippen LogP contribution in [-0.4, -0.2) is 36.0 Å². The summed E-state index contributed by atoms with van der Waals surface area (Å²) >= 11 is 0. The summed E-state index contributed by atoms with van der Waals surface area (Å²) in [6, 6.07) is 18.4. The number of hydrogen-bond donors (Lipinski definition) is 3. The number of nitrogens with two attached hydrogens (primary N) is 1. The van der Waals surface area contributed by atoms with Gasteiger partial charge in [-0.15, -0.1) is 5.06 Å². The van der Waals surface area contributed by atoms with Crippen molar-refractivity contribution in [3.05, 3.63) is 71.8 Å². The molecule has 1 saturated heterocycles. The van der Waals surface area contributed by atoms with Crippen molar-refractivity contribution in [2.24, 2.45) is 5.73 Å². The Balaban J connectivity index is 0.000000203. The van der Waals surface area contributed by atoms with E-state index < -0.39 is 6.03 Å². The smallest absolute Gasteiger partial charge is 0.327 e. The van der Waals surface area contributed by atoms with E-state index in [9.17, 15) is 14.4 Å².